The summed E-state index contributed by atoms with van der Waals surface area (Å²) < 4.78 is 33.2. The quantitative estimate of drug-likeness (QED) is 0.609. The number of rotatable bonds is 8. The van der Waals surface area contributed by atoms with Crippen molar-refractivity contribution in [2.75, 3.05) is 10.0 Å². The molecule has 0 unspecified atom stereocenters. The normalized spacial score (nSPS) is 12.2. The first kappa shape index (κ1) is 22.2. The van der Waals surface area contributed by atoms with Crippen LogP contribution in [0.15, 0.2) is 53.4 Å². The predicted molar refractivity (Wildman–Crippen MR) is 111 cm³/mol. The molecule has 0 aromatic heterocycles. The summed E-state index contributed by atoms with van der Waals surface area (Å²) in [5.41, 5.74) is 0.797. The monoisotopic (exact) mass is 419 g/mol. The Labute approximate surface area is 170 Å². The van der Waals surface area contributed by atoms with Crippen LogP contribution in [0, 0.1) is 0 Å². The van der Waals surface area contributed by atoms with Crippen LogP contribution in [0.5, 0.6) is 5.75 Å². The van der Waals surface area contributed by atoms with Crippen LogP contribution in [0.1, 0.15) is 27.7 Å². The molecule has 2 rings (SSSR count). The Kier molecular flexibility index (Phi) is 7.22. The van der Waals surface area contributed by atoms with Crippen molar-refractivity contribution in [3.63, 3.8) is 0 Å². The van der Waals surface area contributed by atoms with Crippen molar-refractivity contribution in [3.05, 3.63) is 48.5 Å². The first-order chi connectivity index (χ1) is 13.6. The number of amides is 2. The zero-order chi connectivity index (χ0) is 21.6. The second kappa shape index (κ2) is 9.42. The van der Waals surface area contributed by atoms with Gasteiger partial charge in [-0.2, -0.15) is 0 Å². The highest BCUT2D eigenvalue weighted by Gasteiger charge is 2.17. The third-order valence-corrected chi connectivity index (χ3v) is 5.08. The summed E-state index contributed by atoms with van der Waals surface area (Å²) in [5.74, 6) is -0.127. The number of ether oxygens (including phenoxy) is 1. The van der Waals surface area contributed by atoms with Crippen molar-refractivity contribution >= 4 is 33.2 Å². The summed E-state index contributed by atoms with van der Waals surface area (Å²) in [4.78, 5) is 23.1. The van der Waals surface area contributed by atoms with E-state index < -0.39 is 16.1 Å². The molecule has 3 N–H and O–H groups in total. The Hall–Kier alpha value is -3.07. The third kappa shape index (κ3) is 6.79. The molecule has 0 aliphatic rings. The molecular formula is C20H25N3O5S. The lowest BCUT2D eigenvalue weighted by atomic mass is 10.3. The highest BCUT2D eigenvalue weighted by Crippen LogP contribution is 2.22. The van der Waals surface area contributed by atoms with E-state index in [-0.39, 0.29) is 22.8 Å². The van der Waals surface area contributed by atoms with E-state index >= 15 is 0 Å². The molecule has 0 heterocycles. The molecule has 0 aliphatic heterocycles. The number of anilines is 2. The minimum Gasteiger partial charge on any atom is -0.481 e. The lowest BCUT2D eigenvalue weighted by molar-refractivity contribution is -0.127. The molecule has 2 aromatic rings. The van der Waals surface area contributed by atoms with E-state index in [1.165, 1.54) is 37.3 Å². The zero-order valence-electron chi connectivity index (χ0n) is 16.7. The van der Waals surface area contributed by atoms with Crippen molar-refractivity contribution in [2.45, 2.75) is 44.7 Å². The largest absolute Gasteiger partial charge is 0.481 e. The Morgan fingerprint density at radius 1 is 0.966 bits per heavy atom. The molecule has 9 heteroatoms. The minimum atomic E-state index is -3.83. The van der Waals surface area contributed by atoms with E-state index in [0.717, 1.165) is 0 Å². The maximum Gasteiger partial charge on any atom is 0.261 e. The Balaban J connectivity index is 2.08. The molecule has 8 nitrogen and oxygen atoms in total. The summed E-state index contributed by atoms with van der Waals surface area (Å²) in [5, 5.41) is 5.34. The highest BCUT2D eigenvalue weighted by atomic mass is 32.2. The Bertz CT molecular complexity index is 972. The molecule has 0 radical (unpaired) electrons. The summed E-state index contributed by atoms with van der Waals surface area (Å²) in [6.45, 7) is 6.69. The second-order valence-electron chi connectivity index (χ2n) is 6.76. The van der Waals surface area contributed by atoms with Gasteiger partial charge in [0.15, 0.2) is 6.10 Å². The van der Waals surface area contributed by atoms with E-state index in [1.807, 2.05) is 13.8 Å². The van der Waals surface area contributed by atoms with E-state index in [9.17, 15) is 18.0 Å². The van der Waals surface area contributed by atoms with Crippen molar-refractivity contribution in [3.8, 4) is 5.75 Å². The number of benzene rings is 2. The maximum atomic E-state index is 12.6. The topological polar surface area (TPSA) is 114 Å². The van der Waals surface area contributed by atoms with Gasteiger partial charge in [0, 0.05) is 18.7 Å². The van der Waals surface area contributed by atoms with E-state index in [1.54, 1.807) is 25.1 Å². The number of hydrogen-bond donors (Lipinski definition) is 3. The average molecular weight is 420 g/mol. The van der Waals surface area contributed by atoms with Crippen LogP contribution < -0.4 is 20.1 Å². The lowest BCUT2D eigenvalue weighted by Gasteiger charge is -2.16. The zero-order valence-corrected chi connectivity index (χ0v) is 17.5. The third-order valence-electron chi connectivity index (χ3n) is 3.68. The van der Waals surface area contributed by atoms with E-state index in [2.05, 4.69) is 15.4 Å². The molecule has 0 spiro atoms. The van der Waals surface area contributed by atoms with Crippen molar-refractivity contribution in [2.24, 2.45) is 0 Å². The summed E-state index contributed by atoms with van der Waals surface area (Å²) in [7, 11) is -3.83. The van der Waals surface area contributed by atoms with Gasteiger partial charge in [-0.05, 0) is 63.2 Å². The van der Waals surface area contributed by atoms with Crippen LogP contribution in [0.25, 0.3) is 0 Å². The van der Waals surface area contributed by atoms with Crippen LogP contribution in [-0.4, -0.2) is 32.4 Å². The molecule has 156 valence electrons. The number of nitrogens with one attached hydrogen (secondary N) is 3. The fraction of sp³-hybridized carbons (Fsp3) is 0.300. The Morgan fingerprint density at radius 2 is 1.59 bits per heavy atom. The second-order valence-corrected chi connectivity index (χ2v) is 8.44. The van der Waals surface area contributed by atoms with E-state index in [4.69, 9.17) is 4.74 Å². The number of sulfonamides is 1. The molecule has 0 fully saturated rings. The van der Waals surface area contributed by atoms with Gasteiger partial charge in [0.2, 0.25) is 5.91 Å². The van der Waals surface area contributed by atoms with Crippen molar-refractivity contribution in [1.82, 2.24) is 5.32 Å². The van der Waals surface area contributed by atoms with Gasteiger partial charge in [0.1, 0.15) is 5.75 Å². The number of carbonyl (C=O) groups excluding carboxylic acids is 2. The fourth-order valence-corrected chi connectivity index (χ4v) is 3.48. The molecule has 0 saturated heterocycles. The van der Waals surface area contributed by atoms with Gasteiger partial charge in [-0.3, -0.25) is 14.3 Å². The van der Waals surface area contributed by atoms with Gasteiger partial charge >= 0.3 is 0 Å². The molecule has 2 amide bonds. The molecule has 0 aliphatic carbocycles. The van der Waals surface area contributed by atoms with Crippen LogP contribution >= 0.6 is 0 Å². The maximum absolute atomic E-state index is 12.6. The molecule has 0 bridgehead atoms. The standard InChI is InChI=1S/C20H25N3O5S/c1-13(2)21-20(25)14(3)28-18-8-10-19(11-9-18)29(26,27)23-17-7-5-6-16(12-17)22-15(4)24/h5-14,23H,1-4H3,(H,21,25)(H,22,24)/t14-/m1/s1. The van der Waals surface area contributed by atoms with Crippen LogP contribution in [0.4, 0.5) is 11.4 Å². The molecule has 2 aromatic carbocycles. The first-order valence-electron chi connectivity index (χ1n) is 9.04. The number of hydrogen-bond acceptors (Lipinski definition) is 5. The molecule has 0 saturated carbocycles. The van der Waals surface area contributed by atoms with Gasteiger partial charge in [0.05, 0.1) is 10.6 Å². The Morgan fingerprint density at radius 3 is 2.17 bits per heavy atom. The number of carbonyl (C=O) groups is 2. The molecular weight excluding hydrogens is 394 g/mol. The first-order valence-corrected chi connectivity index (χ1v) is 10.5. The predicted octanol–water partition coefficient (Wildman–Crippen LogP) is 2.74. The van der Waals surface area contributed by atoms with Crippen LogP contribution in [-0.2, 0) is 19.6 Å². The van der Waals surface area contributed by atoms with Crippen molar-refractivity contribution in [1.29, 1.82) is 0 Å². The summed E-state index contributed by atoms with van der Waals surface area (Å²) in [6.07, 6.45) is -0.713. The lowest BCUT2D eigenvalue weighted by Crippen LogP contribution is -2.40. The SMILES string of the molecule is CC(=O)Nc1cccc(NS(=O)(=O)c2ccc(O[C@H](C)C(=O)NC(C)C)cc2)c1. The average Bonchev–Trinajstić information content (AvgIpc) is 2.61. The van der Waals surface area contributed by atoms with Gasteiger partial charge in [-0.15, -0.1) is 0 Å². The summed E-state index contributed by atoms with van der Waals surface area (Å²) in [6, 6.07) is 12.1. The smallest absolute Gasteiger partial charge is 0.261 e. The van der Waals surface area contributed by atoms with E-state index in [0.29, 0.717) is 17.1 Å². The van der Waals surface area contributed by atoms with Crippen LogP contribution in [0.2, 0.25) is 0 Å². The van der Waals surface area contributed by atoms with Gasteiger partial charge in [-0.1, -0.05) is 6.07 Å². The highest BCUT2D eigenvalue weighted by molar-refractivity contribution is 7.92. The van der Waals surface area contributed by atoms with Gasteiger partial charge in [-0.25, -0.2) is 8.42 Å². The van der Waals surface area contributed by atoms with Crippen LogP contribution in [0.3, 0.4) is 0 Å². The fourth-order valence-electron chi connectivity index (χ4n) is 2.43. The molecule has 1 atom stereocenters. The summed E-state index contributed by atoms with van der Waals surface area (Å²) >= 11 is 0. The van der Waals surface area contributed by atoms with Gasteiger partial charge < -0.3 is 15.4 Å². The molecule has 29 heavy (non-hydrogen) atoms. The minimum absolute atomic E-state index is 0.00343. The van der Waals surface area contributed by atoms with Crippen molar-refractivity contribution < 1.29 is 22.7 Å². The van der Waals surface area contributed by atoms with Gasteiger partial charge in [0.25, 0.3) is 15.9 Å².